The summed E-state index contributed by atoms with van der Waals surface area (Å²) < 4.78 is 6.00. The number of nitrogens with zero attached hydrogens (tertiary/aromatic N) is 4. The van der Waals surface area contributed by atoms with Crippen molar-refractivity contribution in [3.63, 3.8) is 0 Å². The minimum absolute atomic E-state index is 0.0727. The second kappa shape index (κ2) is 28.3. The van der Waals surface area contributed by atoms with Gasteiger partial charge >= 0.3 is 5.97 Å². The van der Waals surface area contributed by atoms with Gasteiger partial charge in [-0.15, -0.1) is 0 Å². The molecule has 0 saturated carbocycles. The lowest BCUT2D eigenvalue weighted by Gasteiger charge is -2.38. The van der Waals surface area contributed by atoms with Gasteiger partial charge in [-0.3, -0.25) is 38.4 Å². The zero-order valence-corrected chi connectivity index (χ0v) is 48.1. The van der Waals surface area contributed by atoms with E-state index in [1.165, 1.54) is 35.8 Å². The van der Waals surface area contributed by atoms with Crippen LogP contribution in [-0.2, 0) is 54.3 Å². The van der Waals surface area contributed by atoms with Gasteiger partial charge in [0.2, 0.25) is 41.4 Å². The maximum Gasteiger partial charge on any atom is 0.329 e. The summed E-state index contributed by atoms with van der Waals surface area (Å²) >= 11 is 0. The molecule has 11 atom stereocenters. The minimum atomic E-state index is -1.64. The minimum Gasteiger partial charge on any atom is -0.450 e. The average Bonchev–Trinajstić information content (AvgIpc) is 3.88. The van der Waals surface area contributed by atoms with E-state index in [4.69, 9.17) is 4.74 Å². The summed E-state index contributed by atoms with van der Waals surface area (Å²) in [5.74, 6) is -9.32. The van der Waals surface area contributed by atoms with E-state index >= 15 is 9.59 Å². The van der Waals surface area contributed by atoms with Gasteiger partial charge in [0.05, 0.1) is 0 Å². The Morgan fingerprint density at radius 2 is 1.08 bits per heavy atom. The molecule has 19 heteroatoms. The van der Waals surface area contributed by atoms with Crippen LogP contribution >= 0.6 is 0 Å². The van der Waals surface area contributed by atoms with E-state index in [0.717, 1.165) is 4.90 Å². The van der Waals surface area contributed by atoms with Crippen LogP contribution in [0.2, 0.25) is 0 Å². The topological polar surface area (TPSA) is 244 Å². The van der Waals surface area contributed by atoms with E-state index in [1.807, 2.05) is 20.8 Å². The molecule has 2 aromatic rings. The highest BCUT2D eigenvalue weighted by molar-refractivity contribution is 5.99. The summed E-state index contributed by atoms with van der Waals surface area (Å²) in [6.45, 7) is 21.1. The number of ether oxygens (including phenoxy) is 1. The molecule has 426 valence electrons. The number of benzene rings is 2. The van der Waals surface area contributed by atoms with Crippen LogP contribution in [0.1, 0.15) is 126 Å². The third-order valence-electron chi connectivity index (χ3n) is 15.0. The van der Waals surface area contributed by atoms with E-state index < -0.39 is 143 Å². The number of cyclic esters (lactones) is 1. The van der Waals surface area contributed by atoms with E-state index in [9.17, 15) is 38.7 Å². The molecule has 2 saturated heterocycles. The summed E-state index contributed by atoms with van der Waals surface area (Å²) in [5.41, 5.74) is 0.941. The number of rotatable bonds is 12. The quantitative estimate of drug-likeness (QED) is 0.190. The first-order valence-electron chi connectivity index (χ1n) is 27.4. The number of likely N-dealkylation sites (N-methyl/N-ethyl adjacent to an activating group) is 3. The standard InChI is InChI=1S/C58H88N8O11/c1-16-37(12)46-52(70)60-40(30-32(2)3)54(72)63(13)45(35(8)9)58(76)77-49(36(10)11)53(71)61-43(33(4)5)51(69)59-41(31-38-24-19-17-20-25-38)55(73)65(15)47(48(67)39-26-21-18-22-27-39)57(75)66-29-23-28-42(66)50(68)62-44(34(6)7)56(74)64(46)14/h17-22,24-27,32-37,40-49,67H,16,23,28-31H2,1-15H3,(H,59,69)(H,60,70)(H,61,71)(H,62,68). The van der Waals surface area contributed by atoms with Gasteiger partial charge < -0.3 is 50.7 Å². The van der Waals surface area contributed by atoms with Crippen molar-refractivity contribution in [2.24, 2.45) is 35.5 Å². The first-order chi connectivity index (χ1) is 36.1. The fourth-order valence-electron chi connectivity index (χ4n) is 10.3. The van der Waals surface area contributed by atoms with Crippen LogP contribution < -0.4 is 21.3 Å². The summed E-state index contributed by atoms with van der Waals surface area (Å²) in [5, 5.41) is 23.6. The van der Waals surface area contributed by atoms with E-state index in [0.29, 0.717) is 24.0 Å². The summed E-state index contributed by atoms with van der Waals surface area (Å²) in [7, 11) is 4.25. The molecule has 0 spiro atoms. The van der Waals surface area contributed by atoms with Gasteiger partial charge in [0.25, 0.3) is 5.91 Å². The van der Waals surface area contributed by atoms with Crippen molar-refractivity contribution in [2.45, 2.75) is 176 Å². The molecule has 2 fully saturated rings. The molecule has 0 bridgehead atoms. The number of aliphatic hydroxyl groups is 1. The van der Waals surface area contributed by atoms with Gasteiger partial charge in [0.1, 0.15) is 54.4 Å². The number of hydrogen-bond acceptors (Lipinski definition) is 11. The zero-order valence-electron chi connectivity index (χ0n) is 48.1. The fraction of sp³-hybridized carbons (Fsp3) is 0.638. The molecule has 19 nitrogen and oxygen atoms in total. The lowest BCUT2D eigenvalue weighted by atomic mass is 9.93. The molecule has 4 rings (SSSR count). The Bertz CT molecular complexity index is 2360. The Morgan fingerprint density at radius 1 is 0.558 bits per heavy atom. The first-order valence-corrected chi connectivity index (χ1v) is 27.4. The van der Waals surface area contributed by atoms with Crippen molar-refractivity contribution < 1.29 is 53.0 Å². The van der Waals surface area contributed by atoms with Gasteiger partial charge in [-0.25, -0.2) is 4.79 Å². The smallest absolute Gasteiger partial charge is 0.329 e. The normalized spacial score (nSPS) is 26.7. The van der Waals surface area contributed by atoms with Crippen molar-refractivity contribution in [1.82, 2.24) is 40.9 Å². The van der Waals surface area contributed by atoms with Gasteiger partial charge in [0, 0.05) is 34.1 Å². The summed E-state index contributed by atoms with van der Waals surface area (Å²) in [4.78, 5) is 138. The lowest BCUT2D eigenvalue weighted by molar-refractivity contribution is -0.167. The molecule has 11 unspecified atom stereocenters. The van der Waals surface area contributed by atoms with Crippen LogP contribution in [0.25, 0.3) is 0 Å². The number of fused-ring (bicyclic) bond motifs is 1. The molecule has 5 N–H and O–H groups in total. The summed E-state index contributed by atoms with van der Waals surface area (Å²) in [6, 6.07) is 6.98. The molecular formula is C58H88N8O11. The predicted molar refractivity (Wildman–Crippen MR) is 292 cm³/mol. The molecule has 8 amide bonds. The monoisotopic (exact) mass is 1070 g/mol. The van der Waals surface area contributed by atoms with E-state index in [-0.39, 0.29) is 31.7 Å². The van der Waals surface area contributed by atoms with E-state index in [2.05, 4.69) is 21.3 Å². The molecular weight excluding hydrogens is 985 g/mol. The van der Waals surface area contributed by atoms with Crippen LogP contribution in [0.3, 0.4) is 0 Å². The highest BCUT2D eigenvalue weighted by atomic mass is 16.6. The fourth-order valence-corrected chi connectivity index (χ4v) is 10.3. The second-order valence-electron chi connectivity index (χ2n) is 22.9. The first kappa shape index (κ1) is 63.2. The third kappa shape index (κ3) is 15.9. The Kier molecular flexibility index (Phi) is 23.2. The number of amides is 8. The largest absolute Gasteiger partial charge is 0.450 e. The maximum absolute atomic E-state index is 15.2. The molecule has 2 heterocycles. The van der Waals surface area contributed by atoms with Crippen LogP contribution in [0.5, 0.6) is 0 Å². The predicted octanol–water partition coefficient (Wildman–Crippen LogP) is 4.02. The van der Waals surface area contributed by atoms with Gasteiger partial charge in [-0.1, -0.05) is 150 Å². The lowest BCUT2D eigenvalue weighted by Crippen LogP contribution is -2.62. The Labute approximate surface area is 456 Å². The SMILES string of the molecule is CCC(C)C1C(=O)NC(CC(C)C)C(=O)N(C)C(C(C)C)C(=O)OC(C(C)C)C(=O)NC(C(C)C)C(=O)NC(Cc2ccccc2)C(=O)N(C)C(C(O)c2ccccc2)C(=O)N2CCCC2C(=O)NC(C(C)C)C(=O)N1C. The maximum atomic E-state index is 15.2. The van der Waals surface area contributed by atoms with E-state index in [1.54, 1.807) is 123 Å². The number of esters is 1. The molecule has 77 heavy (non-hydrogen) atoms. The highest BCUT2D eigenvalue weighted by Gasteiger charge is 2.47. The number of nitrogens with one attached hydrogen (secondary N) is 4. The van der Waals surface area contributed by atoms with Crippen LogP contribution in [0.15, 0.2) is 60.7 Å². The molecule has 2 aromatic carbocycles. The van der Waals surface area contributed by atoms with Crippen molar-refractivity contribution in [1.29, 1.82) is 0 Å². The Balaban J connectivity index is 1.94. The van der Waals surface area contributed by atoms with Gasteiger partial charge in [0.15, 0.2) is 6.10 Å². The number of aliphatic hydroxyl groups excluding tert-OH is 1. The van der Waals surface area contributed by atoms with Gasteiger partial charge in [-0.2, -0.15) is 0 Å². The van der Waals surface area contributed by atoms with Crippen LogP contribution in [-0.4, -0.2) is 160 Å². The number of hydrogen-bond donors (Lipinski definition) is 5. The van der Waals surface area contributed by atoms with Crippen molar-refractivity contribution >= 4 is 53.2 Å². The molecule has 2 aliphatic heterocycles. The Morgan fingerprint density at radius 3 is 1.61 bits per heavy atom. The van der Waals surface area contributed by atoms with Crippen molar-refractivity contribution in [2.75, 3.05) is 27.7 Å². The number of carbonyl (C=O) groups is 9. The molecule has 2 aliphatic rings. The third-order valence-corrected chi connectivity index (χ3v) is 15.0. The number of carbonyl (C=O) groups excluding carboxylic acids is 9. The van der Waals surface area contributed by atoms with Gasteiger partial charge in [-0.05, 0) is 65.9 Å². The zero-order chi connectivity index (χ0) is 57.7. The highest BCUT2D eigenvalue weighted by Crippen LogP contribution is 2.29. The molecule has 0 radical (unpaired) electrons. The average molecular weight is 1070 g/mol. The van der Waals surface area contributed by atoms with Crippen LogP contribution in [0.4, 0.5) is 0 Å². The van der Waals surface area contributed by atoms with Crippen molar-refractivity contribution in [3.8, 4) is 0 Å². The molecule has 0 aliphatic carbocycles. The van der Waals surface area contributed by atoms with Crippen molar-refractivity contribution in [3.05, 3.63) is 71.8 Å². The Hall–Kier alpha value is -6.37. The van der Waals surface area contributed by atoms with Crippen LogP contribution in [0, 0.1) is 35.5 Å². The molecule has 0 aromatic heterocycles. The second-order valence-corrected chi connectivity index (χ2v) is 22.9. The summed E-state index contributed by atoms with van der Waals surface area (Å²) in [6.07, 6.45) is -1.98.